The van der Waals surface area contributed by atoms with E-state index in [1.54, 1.807) is 24.3 Å². The minimum Gasteiger partial charge on any atom is -0.491 e. The van der Waals surface area contributed by atoms with Crippen molar-refractivity contribution in [2.24, 2.45) is 5.92 Å². The second-order valence-corrected chi connectivity index (χ2v) is 9.40. The van der Waals surface area contributed by atoms with Gasteiger partial charge in [0.05, 0.1) is 12.1 Å². The first kappa shape index (κ1) is 28.1. The maximum atomic E-state index is 13.0. The molecule has 0 aliphatic carbocycles. The molecule has 2 atom stereocenters. The van der Waals surface area contributed by atoms with Crippen LogP contribution in [0.25, 0.3) is 0 Å². The number of hydrogen-bond acceptors (Lipinski definition) is 6. The number of carbonyl (C=O) groups excluding carboxylic acids is 4. The summed E-state index contributed by atoms with van der Waals surface area (Å²) in [5.74, 6) is -0.918. The van der Waals surface area contributed by atoms with Crippen molar-refractivity contribution in [1.29, 1.82) is 0 Å². The number of benzene rings is 1. The zero-order valence-electron chi connectivity index (χ0n) is 21.2. The highest BCUT2D eigenvalue weighted by molar-refractivity contribution is 5.99. The van der Waals surface area contributed by atoms with E-state index in [4.69, 9.17) is 4.74 Å². The molecule has 35 heavy (non-hydrogen) atoms. The van der Waals surface area contributed by atoms with Crippen LogP contribution in [0.5, 0.6) is 5.75 Å². The zero-order valence-corrected chi connectivity index (χ0v) is 21.2. The van der Waals surface area contributed by atoms with Crippen LogP contribution in [0.2, 0.25) is 0 Å². The van der Waals surface area contributed by atoms with Gasteiger partial charge in [0.15, 0.2) is 0 Å². The Balaban J connectivity index is 2.21. The fourth-order valence-corrected chi connectivity index (χ4v) is 3.72. The summed E-state index contributed by atoms with van der Waals surface area (Å²) in [4.78, 5) is 53.3. The molecule has 0 unspecified atom stereocenters. The fraction of sp³-hybridized carbons (Fsp3) is 0.600. The molecule has 2 rings (SSSR count). The molecule has 10 heteroatoms. The largest absolute Gasteiger partial charge is 0.491 e. The number of rotatable bonds is 7. The Labute approximate surface area is 207 Å². The molecule has 1 aliphatic heterocycles. The van der Waals surface area contributed by atoms with Gasteiger partial charge in [-0.2, -0.15) is 0 Å². The number of amides is 4. The standard InChI is InChI=1S/C25H39N5O5/c1-17(2)16-20-25(34)27-13-15-35-21-9-6-5-8-18(21)23(32)29-19(10-11-22(31)28-20)24(33)26-12-7-14-30(3)4/h5-6,8-9,17,19-20H,7,10-16H2,1-4H3,(H,26,33)(H,27,34)(H,28,31)(H,29,32)/t19-,20+/m0/s1. The second-order valence-electron chi connectivity index (χ2n) is 9.40. The van der Waals surface area contributed by atoms with E-state index < -0.39 is 18.0 Å². The third-order valence-corrected chi connectivity index (χ3v) is 5.51. The smallest absolute Gasteiger partial charge is 0.255 e. The summed E-state index contributed by atoms with van der Waals surface area (Å²) in [5, 5.41) is 11.2. The highest BCUT2D eigenvalue weighted by atomic mass is 16.5. The minimum absolute atomic E-state index is 0.0178. The van der Waals surface area contributed by atoms with Crippen molar-refractivity contribution in [2.45, 2.75) is 51.6 Å². The van der Waals surface area contributed by atoms with Gasteiger partial charge in [-0.3, -0.25) is 19.2 Å². The monoisotopic (exact) mass is 489 g/mol. The molecule has 1 aliphatic rings. The van der Waals surface area contributed by atoms with E-state index in [2.05, 4.69) is 21.3 Å². The van der Waals surface area contributed by atoms with E-state index in [1.165, 1.54) is 0 Å². The summed E-state index contributed by atoms with van der Waals surface area (Å²) in [6.07, 6.45) is 1.31. The molecule has 0 radical (unpaired) electrons. The summed E-state index contributed by atoms with van der Waals surface area (Å²) in [5.41, 5.74) is 0.279. The lowest BCUT2D eigenvalue weighted by molar-refractivity contribution is -0.130. The Morgan fingerprint density at radius 3 is 2.63 bits per heavy atom. The van der Waals surface area contributed by atoms with Crippen molar-refractivity contribution in [2.75, 3.05) is 40.3 Å². The van der Waals surface area contributed by atoms with Gasteiger partial charge in [0.2, 0.25) is 17.7 Å². The van der Waals surface area contributed by atoms with Crippen molar-refractivity contribution in [1.82, 2.24) is 26.2 Å². The number of nitrogens with zero attached hydrogens (tertiary/aromatic N) is 1. The number of para-hydroxylation sites is 1. The normalized spacial score (nSPS) is 20.0. The Hall–Kier alpha value is -3.14. The Morgan fingerprint density at radius 1 is 1.17 bits per heavy atom. The molecule has 4 amide bonds. The molecule has 1 aromatic rings. The lowest BCUT2D eigenvalue weighted by Gasteiger charge is -2.21. The molecule has 0 aromatic heterocycles. The van der Waals surface area contributed by atoms with Crippen molar-refractivity contribution >= 4 is 23.6 Å². The third kappa shape index (κ3) is 9.94. The number of fused-ring (bicyclic) bond motifs is 1. The van der Waals surface area contributed by atoms with Gasteiger partial charge in [0, 0.05) is 13.0 Å². The van der Waals surface area contributed by atoms with E-state index in [0.29, 0.717) is 18.7 Å². The maximum absolute atomic E-state index is 13.0. The molecule has 0 spiro atoms. The lowest BCUT2D eigenvalue weighted by atomic mass is 10.0. The highest BCUT2D eigenvalue weighted by Crippen LogP contribution is 2.18. The quantitative estimate of drug-likeness (QED) is 0.417. The highest BCUT2D eigenvalue weighted by Gasteiger charge is 2.26. The van der Waals surface area contributed by atoms with Gasteiger partial charge >= 0.3 is 0 Å². The Morgan fingerprint density at radius 2 is 1.91 bits per heavy atom. The maximum Gasteiger partial charge on any atom is 0.255 e. The molecule has 0 saturated carbocycles. The van der Waals surface area contributed by atoms with Gasteiger partial charge < -0.3 is 30.9 Å². The average molecular weight is 490 g/mol. The van der Waals surface area contributed by atoms with E-state index in [1.807, 2.05) is 32.8 Å². The van der Waals surface area contributed by atoms with Crippen LogP contribution in [0.4, 0.5) is 0 Å². The molecule has 10 nitrogen and oxygen atoms in total. The van der Waals surface area contributed by atoms with Gasteiger partial charge in [-0.25, -0.2) is 0 Å². The molecule has 0 fully saturated rings. The van der Waals surface area contributed by atoms with Crippen molar-refractivity contribution in [3.63, 3.8) is 0 Å². The molecule has 1 aromatic carbocycles. The molecule has 0 bridgehead atoms. The van der Waals surface area contributed by atoms with Crippen LogP contribution in [0, 0.1) is 5.92 Å². The van der Waals surface area contributed by atoms with Gasteiger partial charge in [-0.15, -0.1) is 0 Å². The first-order valence-electron chi connectivity index (χ1n) is 12.2. The molecule has 0 saturated heterocycles. The van der Waals surface area contributed by atoms with E-state index in [0.717, 1.165) is 13.0 Å². The van der Waals surface area contributed by atoms with Crippen molar-refractivity contribution < 1.29 is 23.9 Å². The van der Waals surface area contributed by atoms with E-state index in [-0.39, 0.29) is 55.2 Å². The molecular formula is C25H39N5O5. The summed E-state index contributed by atoms with van der Waals surface area (Å²) in [7, 11) is 3.90. The summed E-state index contributed by atoms with van der Waals surface area (Å²) in [6.45, 7) is 5.57. The minimum atomic E-state index is -0.914. The number of nitrogens with one attached hydrogen (secondary N) is 4. The Bertz CT molecular complexity index is 874. The number of carbonyl (C=O) groups is 4. The molecule has 194 valence electrons. The van der Waals surface area contributed by atoms with Crippen LogP contribution in [0.1, 0.15) is 49.9 Å². The third-order valence-electron chi connectivity index (χ3n) is 5.51. The van der Waals surface area contributed by atoms with Crippen LogP contribution in [-0.4, -0.2) is 80.9 Å². The SMILES string of the molecule is CC(C)C[C@H]1NC(=O)CC[C@@H](C(=O)NCCCN(C)C)NC(=O)c2ccccc2OCCNC1=O. The topological polar surface area (TPSA) is 129 Å². The fourth-order valence-electron chi connectivity index (χ4n) is 3.72. The van der Waals surface area contributed by atoms with Crippen LogP contribution in [0.3, 0.4) is 0 Å². The lowest BCUT2D eigenvalue weighted by Crippen LogP contribution is -2.49. The number of ether oxygens (including phenoxy) is 1. The van der Waals surface area contributed by atoms with Crippen LogP contribution in [-0.2, 0) is 14.4 Å². The van der Waals surface area contributed by atoms with Gasteiger partial charge in [0.1, 0.15) is 24.4 Å². The van der Waals surface area contributed by atoms with E-state index >= 15 is 0 Å². The van der Waals surface area contributed by atoms with Gasteiger partial charge in [-0.05, 0) is 58.0 Å². The first-order chi connectivity index (χ1) is 16.7. The number of hydrogen-bond donors (Lipinski definition) is 4. The van der Waals surface area contributed by atoms with Gasteiger partial charge in [0.25, 0.3) is 5.91 Å². The predicted molar refractivity (Wildman–Crippen MR) is 133 cm³/mol. The zero-order chi connectivity index (χ0) is 25.8. The second kappa shape index (κ2) is 14.3. The van der Waals surface area contributed by atoms with Gasteiger partial charge in [-0.1, -0.05) is 26.0 Å². The molecule has 1 heterocycles. The van der Waals surface area contributed by atoms with E-state index in [9.17, 15) is 19.2 Å². The van der Waals surface area contributed by atoms with Crippen molar-refractivity contribution in [3.05, 3.63) is 29.8 Å². The summed E-state index contributed by atoms with van der Waals surface area (Å²) in [6, 6.07) is 5.12. The van der Waals surface area contributed by atoms with Crippen molar-refractivity contribution in [3.8, 4) is 5.75 Å². The summed E-state index contributed by atoms with van der Waals surface area (Å²) >= 11 is 0. The molecular weight excluding hydrogens is 450 g/mol. The Kier molecular flexibility index (Phi) is 11.5. The van der Waals surface area contributed by atoms with Crippen LogP contribution in [0.15, 0.2) is 24.3 Å². The predicted octanol–water partition coefficient (Wildman–Crippen LogP) is 0.673. The van der Waals surface area contributed by atoms with Crippen LogP contribution >= 0.6 is 0 Å². The summed E-state index contributed by atoms with van der Waals surface area (Å²) < 4.78 is 5.75. The van der Waals surface area contributed by atoms with Crippen LogP contribution < -0.4 is 26.0 Å². The average Bonchev–Trinajstić information content (AvgIpc) is 2.80. The molecule has 4 N–H and O–H groups in total. The first-order valence-corrected chi connectivity index (χ1v) is 12.2.